The molecule has 36 heavy (non-hydrogen) atoms. The number of ketones is 1. The molecule has 9 heteroatoms. The number of hydrogen-bond acceptors (Lipinski definition) is 6. The van der Waals surface area contributed by atoms with E-state index in [4.69, 9.17) is 14.6 Å². The quantitative estimate of drug-likeness (QED) is 0.433. The fourth-order valence-electron chi connectivity index (χ4n) is 5.43. The average molecular weight is 493 g/mol. The van der Waals surface area contributed by atoms with E-state index in [2.05, 4.69) is 27.5 Å². The molecule has 2 aliphatic heterocycles. The fraction of sp³-hybridized carbons (Fsp3) is 0.407. The minimum Gasteiger partial charge on any atom is -0.497 e. The largest absolute Gasteiger partial charge is 0.497 e. The molecule has 3 N–H and O–H groups in total. The van der Waals surface area contributed by atoms with Crippen LogP contribution in [0.5, 0.6) is 5.75 Å². The summed E-state index contributed by atoms with van der Waals surface area (Å²) < 4.78 is 5.24. The van der Waals surface area contributed by atoms with E-state index in [0.29, 0.717) is 30.6 Å². The van der Waals surface area contributed by atoms with Crippen molar-refractivity contribution in [1.29, 1.82) is 0 Å². The van der Waals surface area contributed by atoms with Crippen molar-refractivity contribution in [2.75, 3.05) is 14.2 Å². The Bertz CT molecular complexity index is 1230. The summed E-state index contributed by atoms with van der Waals surface area (Å²) in [6.45, 7) is -0.250. The van der Waals surface area contributed by atoms with E-state index in [9.17, 15) is 9.59 Å². The highest BCUT2D eigenvalue weighted by Crippen LogP contribution is 2.34. The van der Waals surface area contributed by atoms with E-state index in [1.807, 2.05) is 42.5 Å². The Morgan fingerprint density at radius 1 is 1.14 bits per heavy atom. The van der Waals surface area contributed by atoms with Crippen LogP contribution in [0.25, 0.3) is 10.9 Å². The van der Waals surface area contributed by atoms with Gasteiger partial charge in [0.15, 0.2) is 5.69 Å². The first-order valence-corrected chi connectivity index (χ1v) is 12.1. The first kappa shape index (κ1) is 25.4. The molecule has 190 valence electrons. The monoisotopic (exact) mass is 492 g/mol. The molecule has 0 aliphatic carbocycles. The van der Waals surface area contributed by atoms with Gasteiger partial charge < -0.3 is 20.1 Å². The number of carbonyl (C=O) groups is 3. The van der Waals surface area contributed by atoms with Gasteiger partial charge in [0.05, 0.1) is 12.6 Å². The van der Waals surface area contributed by atoms with Gasteiger partial charge in [-0.2, -0.15) is 5.10 Å². The van der Waals surface area contributed by atoms with Gasteiger partial charge in [-0.1, -0.05) is 18.2 Å². The second kappa shape index (κ2) is 11.3. The summed E-state index contributed by atoms with van der Waals surface area (Å²) in [7, 11) is 3.81. The number of rotatable bonds is 7. The SMILES string of the molecule is COc1cccc(CC(=O)Cc2ccc3[nH]nc(C(=O)NC4CC5CCC(C4)N5C)c3c2)c1.O=CO. The summed E-state index contributed by atoms with van der Waals surface area (Å²) >= 11 is 0. The Balaban J connectivity index is 0.000000967. The lowest BCUT2D eigenvalue weighted by atomic mass is 9.97. The van der Waals surface area contributed by atoms with Gasteiger partial charge in [0.25, 0.3) is 12.4 Å². The number of ether oxygens (including phenoxy) is 1. The number of benzene rings is 2. The summed E-state index contributed by atoms with van der Waals surface area (Å²) in [4.78, 5) is 36.6. The average Bonchev–Trinajstić information content (AvgIpc) is 3.35. The molecule has 0 radical (unpaired) electrons. The van der Waals surface area contributed by atoms with Crippen molar-refractivity contribution < 1.29 is 24.2 Å². The number of carbonyl (C=O) groups excluding carboxylic acids is 2. The molecule has 2 aliphatic rings. The molecular formula is C27H32N4O5. The molecule has 2 bridgehead atoms. The molecule has 0 spiro atoms. The molecule has 2 saturated heterocycles. The van der Waals surface area contributed by atoms with Gasteiger partial charge in [-0.3, -0.25) is 19.5 Å². The zero-order valence-electron chi connectivity index (χ0n) is 20.6. The van der Waals surface area contributed by atoms with E-state index >= 15 is 0 Å². The number of piperidine rings is 1. The predicted molar refractivity (Wildman–Crippen MR) is 135 cm³/mol. The van der Waals surface area contributed by atoms with Crippen molar-refractivity contribution in [2.24, 2.45) is 0 Å². The van der Waals surface area contributed by atoms with Gasteiger partial charge in [-0.25, -0.2) is 0 Å². The number of aromatic nitrogens is 2. The highest BCUT2D eigenvalue weighted by Gasteiger charge is 2.39. The van der Waals surface area contributed by atoms with Crippen molar-refractivity contribution in [2.45, 2.75) is 56.7 Å². The number of Topliss-reactive ketones (excluding diaryl/α,β-unsaturated/α-hetero) is 1. The van der Waals surface area contributed by atoms with Crippen LogP contribution in [0.1, 0.15) is 47.3 Å². The zero-order chi connectivity index (χ0) is 25.7. The zero-order valence-corrected chi connectivity index (χ0v) is 20.6. The number of fused-ring (bicyclic) bond motifs is 3. The highest BCUT2D eigenvalue weighted by atomic mass is 16.5. The molecule has 9 nitrogen and oxygen atoms in total. The van der Waals surface area contributed by atoms with E-state index < -0.39 is 0 Å². The molecule has 2 atom stereocenters. The van der Waals surface area contributed by atoms with Crippen LogP contribution < -0.4 is 10.1 Å². The Kier molecular flexibility index (Phi) is 8.00. The summed E-state index contributed by atoms with van der Waals surface area (Å²) in [5, 5.41) is 18.1. The first-order valence-electron chi connectivity index (χ1n) is 12.1. The Hall–Kier alpha value is -3.72. The van der Waals surface area contributed by atoms with E-state index in [0.717, 1.165) is 40.6 Å². The van der Waals surface area contributed by atoms with Gasteiger partial charge in [-0.05, 0) is 68.1 Å². The summed E-state index contributed by atoms with van der Waals surface area (Å²) in [5.41, 5.74) is 3.00. The maximum absolute atomic E-state index is 13.1. The lowest BCUT2D eigenvalue weighted by Gasteiger charge is -2.36. The number of carboxylic acid groups (broad SMARTS) is 1. The van der Waals surface area contributed by atoms with E-state index in [-0.39, 0.29) is 24.2 Å². The van der Waals surface area contributed by atoms with Gasteiger partial charge in [0.2, 0.25) is 0 Å². The molecule has 2 aromatic carbocycles. The number of aromatic amines is 1. The Morgan fingerprint density at radius 3 is 2.47 bits per heavy atom. The molecule has 2 fully saturated rings. The van der Waals surface area contributed by atoms with Crippen molar-refractivity contribution in [3.63, 3.8) is 0 Å². The first-order chi connectivity index (χ1) is 17.4. The van der Waals surface area contributed by atoms with Crippen molar-refractivity contribution in [3.8, 4) is 5.75 Å². The number of nitrogens with one attached hydrogen (secondary N) is 2. The molecule has 2 unspecified atom stereocenters. The molecule has 1 amide bonds. The van der Waals surface area contributed by atoms with Crippen molar-refractivity contribution >= 4 is 29.1 Å². The minimum atomic E-state index is -0.250. The van der Waals surface area contributed by atoms with Crippen LogP contribution in [0, 0.1) is 0 Å². The van der Waals surface area contributed by atoms with Gasteiger partial charge in [-0.15, -0.1) is 0 Å². The lowest BCUT2D eigenvalue weighted by molar-refractivity contribution is -0.123. The van der Waals surface area contributed by atoms with Gasteiger partial charge >= 0.3 is 0 Å². The standard InChI is InChI=1S/C26H30N4O3.CH2O2/c1-30-19-7-8-20(30)15-18(14-19)27-26(32)25-23-13-17(6-9-24(23)28-29-25)11-21(31)10-16-4-3-5-22(12-16)33-2;2-1-3/h3-6,9,12-13,18-20H,7-8,10-11,14-15H2,1-2H3,(H,27,32)(H,28,29);1H,(H,2,3). The maximum Gasteiger partial charge on any atom is 0.290 e. The van der Waals surface area contributed by atoms with Crippen LogP contribution in [0.2, 0.25) is 0 Å². The summed E-state index contributed by atoms with van der Waals surface area (Å²) in [6.07, 6.45) is 5.05. The third-order valence-electron chi connectivity index (χ3n) is 7.21. The van der Waals surface area contributed by atoms with E-state index in [1.54, 1.807) is 7.11 Å². The minimum absolute atomic E-state index is 0.110. The molecule has 1 aromatic heterocycles. The molecule has 3 heterocycles. The van der Waals surface area contributed by atoms with Gasteiger partial charge in [0.1, 0.15) is 11.5 Å². The third kappa shape index (κ3) is 5.73. The number of methoxy groups -OCH3 is 1. The highest BCUT2D eigenvalue weighted by molar-refractivity contribution is 6.05. The van der Waals surface area contributed by atoms with Crippen molar-refractivity contribution in [1.82, 2.24) is 20.4 Å². The third-order valence-corrected chi connectivity index (χ3v) is 7.21. The normalized spacial score (nSPS) is 20.9. The van der Waals surface area contributed by atoms with Crippen molar-refractivity contribution in [3.05, 3.63) is 59.3 Å². The second-order valence-electron chi connectivity index (χ2n) is 9.49. The molecule has 0 saturated carbocycles. The fourth-order valence-corrected chi connectivity index (χ4v) is 5.43. The van der Waals surface area contributed by atoms with Crippen LogP contribution in [0.15, 0.2) is 42.5 Å². The van der Waals surface area contributed by atoms with Crippen LogP contribution in [0.3, 0.4) is 0 Å². The number of amides is 1. The molecular weight excluding hydrogens is 460 g/mol. The van der Waals surface area contributed by atoms with Gasteiger partial charge in [0, 0.05) is 36.4 Å². The summed E-state index contributed by atoms with van der Waals surface area (Å²) in [5.74, 6) is 0.711. The lowest BCUT2D eigenvalue weighted by Crippen LogP contribution is -2.48. The number of hydrogen-bond donors (Lipinski definition) is 3. The number of nitrogens with zero attached hydrogens (tertiary/aromatic N) is 2. The van der Waals surface area contributed by atoms with E-state index in [1.165, 1.54) is 12.8 Å². The molecule has 3 aromatic rings. The summed E-state index contributed by atoms with van der Waals surface area (Å²) in [6, 6.07) is 14.6. The van der Waals surface area contributed by atoms with Crippen LogP contribution in [0.4, 0.5) is 0 Å². The Labute approximate surface area is 209 Å². The Morgan fingerprint density at radius 2 is 1.81 bits per heavy atom. The van der Waals surface area contributed by atoms with Crippen LogP contribution >= 0.6 is 0 Å². The smallest absolute Gasteiger partial charge is 0.290 e. The second-order valence-corrected chi connectivity index (χ2v) is 9.49. The van der Waals surface area contributed by atoms with Crippen LogP contribution in [-0.4, -0.2) is 70.6 Å². The number of H-pyrrole nitrogens is 1. The van der Waals surface area contributed by atoms with Crippen LogP contribution in [-0.2, 0) is 22.4 Å². The maximum atomic E-state index is 13.1. The topological polar surface area (TPSA) is 125 Å². The predicted octanol–water partition coefficient (Wildman–Crippen LogP) is 2.98. The molecule has 5 rings (SSSR count).